The molecule has 0 saturated heterocycles. The summed E-state index contributed by atoms with van der Waals surface area (Å²) in [4.78, 5) is 12.3. The minimum Gasteiger partial charge on any atom is -0.490 e. The molecule has 1 N–H and O–H groups in total. The van der Waals surface area contributed by atoms with Crippen LogP contribution in [0, 0.1) is 11.3 Å². The van der Waals surface area contributed by atoms with Crippen molar-refractivity contribution in [3.8, 4) is 11.8 Å². The van der Waals surface area contributed by atoms with Crippen molar-refractivity contribution in [2.45, 2.75) is 20.0 Å². The minimum absolute atomic E-state index is 0.00650. The second-order valence-corrected chi connectivity index (χ2v) is 5.77. The standard InChI is InChI=1S/C19H17ClN2O2/c1-13(2)24-18-6-4-3-5-14(18)11-15(12-21)19(23)22-17-9-7-16(20)8-10-17/h3-11,13H,1-2H3,(H,22,23). The van der Waals surface area contributed by atoms with E-state index >= 15 is 0 Å². The fraction of sp³-hybridized carbons (Fsp3) is 0.158. The minimum atomic E-state index is -0.487. The lowest BCUT2D eigenvalue weighted by atomic mass is 10.1. The fourth-order valence-corrected chi connectivity index (χ4v) is 2.12. The Morgan fingerprint density at radius 3 is 2.50 bits per heavy atom. The maximum absolute atomic E-state index is 12.3. The first-order valence-electron chi connectivity index (χ1n) is 7.44. The van der Waals surface area contributed by atoms with E-state index in [1.165, 1.54) is 6.08 Å². The second kappa shape index (κ2) is 8.19. The van der Waals surface area contributed by atoms with Crippen LogP contribution in [0.3, 0.4) is 0 Å². The lowest BCUT2D eigenvalue weighted by Gasteiger charge is -2.12. The number of nitrogens with one attached hydrogen (secondary N) is 1. The Kier molecular flexibility index (Phi) is 6.00. The number of hydrogen-bond donors (Lipinski definition) is 1. The molecule has 0 aliphatic carbocycles. The van der Waals surface area contributed by atoms with Gasteiger partial charge in [-0.1, -0.05) is 29.8 Å². The van der Waals surface area contributed by atoms with Crippen molar-refractivity contribution in [2.24, 2.45) is 0 Å². The van der Waals surface area contributed by atoms with E-state index < -0.39 is 5.91 Å². The molecular formula is C19H17ClN2O2. The molecule has 2 aromatic rings. The van der Waals surface area contributed by atoms with Gasteiger partial charge in [-0.2, -0.15) is 5.26 Å². The summed E-state index contributed by atoms with van der Waals surface area (Å²) in [6, 6.07) is 15.9. The van der Waals surface area contributed by atoms with Gasteiger partial charge in [0.2, 0.25) is 0 Å². The van der Waals surface area contributed by atoms with Crippen LogP contribution in [0.4, 0.5) is 5.69 Å². The summed E-state index contributed by atoms with van der Waals surface area (Å²) in [5, 5.41) is 12.6. The van der Waals surface area contributed by atoms with Crippen LogP contribution in [0.5, 0.6) is 5.75 Å². The molecule has 0 spiro atoms. The normalized spacial score (nSPS) is 11.0. The van der Waals surface area contributed by atoms with Crippen molar-refractivity contribution in [1.82, 2.24) is 0 Å². The summed E-state index contributed by atoms with van der Waals surface area (Å²) in [7, 11) is 0. The highest BCUT2D eigenvalue weighted by atomic mass is 35.5. The van der Waals surface area contributed by atoms with E-state index in [0.717, 1.165) is 0 Å². The molecular weight excluding hydrogens is 324 g/mol. The Labute approximate surface area is 146 Å². The highest BCUT2D eigenvalue weighted by molar-refractivity contribution is 6.30. The van der Waals surface area contributed by atoms with Crippen LogP contribution in [0.25, 0.3) is 6.08 Å². The Morgan fingerprint density at radius 2 is 1.88 bits per heavy atom. The van der Waals surface area contributed by atoms with Crippen LogP contribution in [0.2, 0.25) is 5.02 Å². The number of nitrogens with zero attached hydrogens (tertiary/aromatic N) is 1. The number of benzene rings is 2. The summed E-state index contributed by atoms with van der Waals surface area (Å²) in [5.41, 5.74) is 1.23. The molecule has 0 unspecified atom stereocenters. The predicted molar refractivity (Wildman–Crippen MR) is 95.9 cm³/mol. The Hall–Kier alpha value is -2.77. The molecule has 0 heterocycles. The maximum Gasteiger partial charge on any atom is 0.266 e. The molecule has 2 aromatic carbocycles. The molecule has 0 saturated carbocycles. The Balaban J connectivity index is 2.24. The number of amides is 1. The molecule has 2 rings (SSSR count). The summed E-state index contributed by atoms with van der Waals surface area (Å²) in [6.07, 6.45) is 1.51. The third-order valence-electron chi connectivity index (χ3n) is 3.05. The van der Waals surface area contributed by atoms with Crippen molar-refractivity contribution in [3.63, 3.8) is 0 Å². The molecule has 0 fully saturated rings. The molecule has 0 aliphatic rings. The van der Waals surface area contributed by atoms with Crippen molar-refractivity contribution < 1.29 is 9.53 Å². The third-order valence-corrected chi connectivity index (χ3v) is 3.30. The molecule has 4 nitrogen and oxygen atoms in total. The lowest BCUT2D eigenvalue weighted by Crippen LogP contribution is -2.13. The lowest BCUT2D eigenvalue weighted by molar-refractivity contribution is -0.112. The zero-order valence-corrected chi connectivity index (χ0v) is 14.2. The number of carbonyl (C=O) groups excluding carboxylic acids is 1. The van der Waals surface area contributed by atoms with Crippen molar-refractivity contribution in [1.29, 1.82) is 5.26 Å². The molecule has 122 valence electrons. The summed E-state index contributed by atoms with van der Waals surface area (Å²) < 4.78 is 5.70. The summed E-state index contributed by atoms with van der Waals surface area (Å²) in [5.74, 6) is 0.138. The van der Waals surface area contributed by atoms with Gasteiger partial charge in [0.25, 0.3) is 5.91 Å². The monoisotopic (exact) mass is 340 g/mol. The van der Waals surface area contributed by atoms with Gasteiger partial charge in [-0.25, -0.2) is 0 Å². The van der Waals surface area contributed by atoms with Crippen LogP contribution in [-0.4, -0.2) is 12.0 Å². The smallest absolute Gasteiger partial charge is 0.266 e. The van der Waals surface area contributed by atoms with E-state index in [4.69, 9.17) is 16.3 Å². The fourth-order valence-electron chi connectivity index (χ4n) is 2.00. The van der Waals surface area contributed by atoms with Gasteiger partial charge in [-0.3, -0.25) is 4.79 Å². The van der Waals surface area contributed by atoms with E-state index in [-0.39, 0.29) is 11.7 Å². The van der Waals surface area contributed by atoms with E-state index in [0.29, 0.717) is 22.0 Å². The van der Waals surface area contributed by atoms with Crippen LogP contribution in [-0.2, 0) is 4.79 Å². The zero-order chi connectivity index (χ0) is 17.5. The molecule has 5 heteroatoms. The quantitative estimate of drug-likeness (QED) is 0.635. The highest BCUT2D eigenvalue weighted by Crippen LogP contribution is 2.22. The van der Waals surface area contributed by atoms with E-state index in [1.807, 2.05) is 32.0 Å². The Morgan fingerprint density at radius 1 is 1.21 bits per heavy atom. The largest absolute Gasteiger partial charge is 0.490 e. The number of ether oxygens (including phenoxy) is 1. The molecule has 0 atom stereocenters. The molecule has 0 aromatic heterocycles. The van der Waals surface area contributed by atoms with Crippen LogP contribution >= 0.6 is 11.6 Å². The predicted octanol–water partition coefficient (Wildman–Crippen LogP) is 4.67. The molecule has 0 bridgehead atoms. The summed E-state index contributed by atoms with van der Waals surface area (Å²) in [6.45, 7) is 3.83. The number of nitriles is 1. The van der Waals surface area contributed by atoms with Crippen LogP contribution in [0.15, 0.2) is 54.1 Å². The molecule has 24 heavy (non-hydrogen) atoms. The van der Waals surface area contributed by atoms with Gasteiger partial charge >= 0.3 is 0 Å². The van der Waals surface area contributed by atoms with Crippen LogP contribution < -0.4 is 10.1 Å². The molecule has 0 aliphatic heterocycles. The summed E-state index contributed by atoms with van der Waals surface area (Å²) >= 11 is 5.81. The number of hydrogen-bond acceptors (Lipinski definition) is 3. The number of carbonyl (C=O) groups is 1. The van der Waals surface area contributed by atoms with E-state index in [2.05, 4.69) is 5.32 Å². The first-order valence-corrected chi connectivity index (χ1v) is 7.82. The van der Waals surface area contributed by atoms with E-state index in [9.17, 15) is 10.1 Å². The molecule has 0 radical (unpaired) electrons. The number of anilines is 1. The maximum atomic E-state index is 12.3. The van der Waals surface area contributed by atoms with Crippen molar-refractivity contribution in [2.75, 3.05) is 5.32 Å². The topological polar surface area (TPSA) is 62.1 Å². The SMILES string of the molecule is CC(C)Oc1ccccc1C=C(C#N)C(=O)Nc1ccc(Cl)cc1. The van der Waals surface area contributed by atoms with Crippen molar-refractivity contribution >= 4 is 29.3 Å². The highest BCUT2D eigenvalue weighted by Gasteiger charge is 2.11. The zero-order valence-electron chi connectivity index (χ0n) is 13.4. The first-order chi connectivity index (χ1) is 11.5. The average molecular weight is 341 g/mol. The van der Waals surface area contributed by atoms with Gasteiger partial charge in [-0.15, -0.1) is 0 Å². The Bertz CT molecular complexity index is 790. The van der Waals surface area contributed by atoms with Gasteiger partial charge in [0.05, 0.1) is 6.10 Å². The molecule has 1 amide bonds. The van der Waals surface area contributed by atoms with Gasteiger partial charge in [-0.05, 0) is 50.3 Å². The van der Waals surface area contributed by atoms with Crippen LogP contribution in [0.1, 0.15) is 19.4 Å². The van der Waals surface area contributed by atoms with Gasteiger partial charge in [0.15, 0.2) is 0 Å². The van der Waals surface area contributed by atoms with Gasteiger partial charge in [0.1, 0.15) is 17.4 Å². The first kappa shape index (κ1) is 17.6. The average Bonchev–Trinajstić information content (AvgIpc) is 2.55. The number of halogens is 1. The van der Waals surface area contributed by atoms with Gasteiger partial charge < -0.3 is 10.1 Å². The number of para-hydroxylation sites is 1. The second-order valence-electron chi connectivity index (χ2n) is 5.34. The van der Waals surface area contributed by atoms with E-state index in [1.54, 1.807) is 36.4 Å². The van der Waals surface area contributed by atoms with Crippen molar-refractivity contribution in [3.05, 3.63) is 64.7 Å². The number of rotatable bonds is 5. The third kappa shape index (κ3) is 4.87. The van der Waals surface area contributed by atoms with Gasteiger partial charge in [0, 0.05) is 16.3 Å².